The molecule has 0 amide bonds. The Morgan fingerprint density at radius 3 is 2.78 bits per heavy atom. The summed E-state index contributed by atoms with van der Waals surface area (Å²) in [5.74, 6) is 1.35. The third kappa shape index (κ3) is 2.94. The number of hydrogen-bond donors (Lipinski definition) is 2. The number of nitrogens with zero attached hydrogens (tertiary/aromatic N) is 3. The molecule has 1 fully saturated rings. The van der Waals surface area contributed by atoms with Gasteiger partial charge in [-0.2, -0.15) is 10.1 Å². The molecule has 1 aliphatic carbocycles. The van der Waals surface area contributed by atoms with Crippen molar-refractivity contribution in [1.82, 2.24) is 15.2 Å². The van der Waals surface area contributed by atoms with E-state index < -0.39 is 0 Å². The normalized spacial score (nSPS) is 14.2. The highest BCUT2D eigenvalue weighted by molar-refractivity contribution is 5.38. The summed E-state index contributed by atoms with van der Waals surface area (Å²) in [6, 6.07) is 10.7. The lowest BCUT2D eigenvalue weighted by Gasteiger charge is -2.06. The van der Waals surface area contributed by atoms with Crippen molar-refractivity contribution in [2.75, 3.05) is 10.6 Å². The Morgan fingerprint density at radius 2 is 2.00 bits per heavy atom. The maximum absolute atomic E-state index is 4.37. The van der Waals surface area contributed by atoms with Crippen LogP contribution in [0.3, 0.4) is 0 Å². The average Bonchev–Trinajstić information content (AvgIpc) is 3.22. The minimum absolute atomic E-state index is 0.538. The largest absolute Gasteiger partial charge is 0.365 e. The van der Waals surface area contributed by atoms with Gasteiger partial charge in [-0.15, -0.1) is 5.10 Å². The van der Waals surface area contributed by atoms with E-state index in [0.29, 0.717) is 12.0 Å². The molecule has 1 aromatic heterocycles. The highest BCUT2D eigenvalue weighted by Crippen LogP contribution is 2.22. The minimum Gasteiger partial charge on any atom is -0.365 e. The summed E-state index contributed by atoms with van der Waals surface area (Å²) in [5, 5.41) is 14.4. The quantitative estimate of drug-likeness (QED) is 0.839. The molecule has 0 atom stereocenters. The van der Waals surface area contributed by atoms with Crippen molar-refractivity contribution in [1.29, 1.82) is 0 Å². The molecule has 0 unspecified atom stereocenters. The van der Waals surface area contributed by atoms with Gasteiger partial charge in [0, 0.05) is 12.6 Å². The lowest BCUT2D eigenvalue weighted by molar-refractivity contribution is 0.936. The van der Waals surface area contributed by atoms with Crippen LogP contribution in [0.25, 0.3) is 0 Å². The number of hydrogen-bond acceptors (Lipinski definition) is 5. The van der Waals surface area contributed by atoms with Gasteiger partial charge in [-0.3, -0.25) is 0 Å². The van der Waals surface area contributed by atoms with E-state index in [4.69, 9.17) is 0 Å². The van der Waals surface area contributed by atoms with Gasteiger partial charge >= 0.3 is 0 Å². The molecular formula is C13H15N5. The summed E-state index contributed by atoms with van der Waals surface area (Å²) in [6.45, 7) is 0.738. The van der Waals surface area contributed by atoms with Crippen molar-refractivity contribution in [3.8, 4) is 0 Å². The second-order valence-corrected chi connectivity index (χ2v) is 4.42. The molecule has 1 heterocycles. The molecule has 18 heavy (non-hydrogen) atoms. The summed E-state index contributed by atoms with van der Waals surface area (Å²) in [7, 11) is 0. The number of aromatic nitrogens is 3. The summed E-state index contributed by atoms with van der Waals surface area (Å²) in [5.41, 5.74) is 1.22. The number of rotatable bonds is 5. The highest BCUT2D eigenvalue weighted by Gasteiger charge is 2.22. The van der Waals surface area contributed by atoms with Crippen LogP contribution in [0.4, 0.5) is 11.8 Å². The molecule has 1 aliphatic rings. The molecule has 1 saturated carbocycles. The smallest absolute Gasteiger partial charge is 0.244 e. The van der Waals surface area contributed by atoms with E-state index in [1.807, 2.05) is 18.2 Å². The standard InChI is InChI=1S/C13H15N5/c1-2-4-10(5-3-1)8-14-12-9-15-18-13(17-12)16-11-6-7-11/h1-5,9,11H,6-8H2,(H2,14,16,17,18). The first kappa shape index (κ1) is 11.0. The van der Waals surface area contributed by atoms with Gasteiger partial charge in [-0.05, 0) is 18.4 Å². The molecule has 92 valence electrons. The van der Waals surface area contributed by atoms with Crippen LogP contribution in [-0.4, -0.2) is 21.2 Å². The number of nitrogens with one attached hydrogen (secondary N) is 2. The zero-order chi connectivity index (χ0) is 12.2. The van der Waals surface area contributed by atoms with Crippen LogP contribution in [0.5, 0.6) is 0 Å². The first-order chi connectivity index (χ1) is 8.90. The van der Waals surface area contributed by atoms with Crippen molar-refractivity contribution in [3.05, 3.63) is 42.1 Å². The third-order valence-electron chi connectivity index (χ3n) is 2.79. The fourth-order valence-electron chi connectivity index (χ4n) is 1.65. The molecule has 0 bridgehead atoms. The second kappa shape index (κ2) is 5.00. The van der Waals surface area contributed by atoms with Gasteiger partial charge in [0.15, 0.2) is 5.82 Å². The topological polar surface area (TPSA) is 62.7 Å². The molecule has 3 rings (SSSR count). The van der Waals surface area contributed by atoms with E-state index in [9.17, 15) is 0 Å². The first-order valence-corrected chi connectivity index (χ1v) is 6.14. The van der Waals surface area contributed by atoms with Crippen molar-refractivity contribution >= 4 is 11.8 Å². The Hall–Kier alpha value is -2.17. The Bertz CT molecular complexity index is 510. The molecule has 1 aromatic carbocycles. The average molecular weight is 241 g/mol. The van der Waals surface area contributed by atoms with Crippen LogP contribution in [0, 0.1) is 0 Å². The summed E-state index contributed by atoms with van der Waals surface area (Å²) in [4.78, 5) is 4.37. The van der Waals surface area contributed by atoms with E-state index >= 15 is 0 Å². The lowest BCUT2D eigenvalue weighted by Crippen LogP contribution is -2.09. The molecule has 0 saturated heterocycles. The van der Waals surface area contributed by atoms with Crippen LogP contribution in [0.2, 0.25) is 0 Å². The highest BCUT2D eigenvalue weighted by atomic mass is 15.3. The van der Waals surface area contributed by atoms with Crippen LogP contribution in [-0.2, 0) is 6.54 Å². The van der Waals surface area contributed by atoms with E-state index in [1.54, 1.807) is 6.20 Å². The molecule has 5 heteroatoms. The molecular weight excluding hydrogens is 226 g/mol. The van der Waals surface area contributed by atoms with Crippen LogP contribution in [0.1, 0.15) is 18.4 Å². The molecule has 0 aliphatic heterocycles. The van der Waals surface area contributed by atoms with Crippen LogP contribution < -0.4 is 10.6 Å². The Balaban J connectivity index is 1.61. The van der Waals surface area contributed by atoms with Gasteiger partial charge in [-0.1, -0.05) is 30.3 Å². The summed E-state index contributed by atoms with van der Waals surface area (Å²) < 4.78 is 0. The van der Waals surface area contributed by atoms with Gasteiger partial charge in [0.05, 0.1) is 6.20 Å². The first-order valence-electron chi connectivity index (χ1n) is 6.14. The summed E-state index contributed by atoms with van der Waals surface area (Å²) in [6.07, 6.45) is 4.04. The maximum atomic E-state index is 4.37. The van der Waals surface area contributed by atoms with E-state index in [1.165, 1.54) is 18.4 Å². The molecule has 0 spiro atoms. The number of benzene rings is 1. The molecule has 0 radical (unpaired) electrons. The van der Waals surface area contributed by atoms with E-state index in [0.717, 1.165) is 12.4 Å². The van der Waals surface area contributed by atoms with Gasteiger partial charge < -0.3 is 10.6 Å². The van der Waals surface area contributed by atoms with Gasteiger partial charge in [0.25, 0.3) is 0 Å². The zero-order valence-electron chi connectivity index (χ0n) is 10.0. The van der Waals surface area contributed by atoms with Gasteiger partial charge in [0.2, 0.25) is 5.95 Å². The predicted molar refractivity (Wildman–Crippen MR) is 70.2 cm³/mol. The fourth-order valence-corrected chi connectivity index (χ4v) is 1.65. The monoisotopic (exact) mass is 241 g/mol. The van der Waals surface area contributed by atoms with Crippen molar-refractivity contribution < 1.29 is 0 Å². The number of anilines is 2. The maximum Gasteiger partial charge on any atom is 0.244 e. The molecule has 2 aromatic rings. The Kier molecular flexibility index (Phi) is 3.04. The molecule has 5 nitrogen and oxygen atoms in total. The zero-order valence-corrected chi connectivity index (χ0v) is 10.0. The third-order valence-corrected chi connectivity index (χ3v) is 2.79. The summed E-state index contributed by atoms with van der Waals surface area (Å²) >= 11 is 0. The SMILES string of the molecule is c1ccc(CNc2cnnc(NC3CC3)n2)cc1. The van der Waals surface area contributed by atoms with Gasteiger partial charge in [0.1, 0.15) is 0 Å². The lowest BCUT2D eigenvalue weighted by atomic mass is 10.2. The fraction of sp³-hybridized carbons (Fsp3) is 0.308. The van der Waals surface area contributed by atoms with Gasteiger partial charge in [-0.25, -0.2) is 0 Å². The second-order valence-electron chi connectivity index (χ2n) is 4.42. The minimum atomic E-state index is 0.538. The van der Waals surface area contributed by atoms with Crippen LogP contribution >= 0.6 is 0 Å². The van der Waals surface area contributed by atoms with E-state index in [-0.39, 0.29) is 0 Å². The van der Waals surface area contributed by atoms with Crippen LogP contribution in [0.15, 0.2) is 36.5 Å². The van der Waals surface area contributed by atoms with Crippen molar-refractivity contribution in [2.45, 2.75) is 25.4 Å². The molecule has 2 N–H and O–H groups in total. The van der Waals surface area contributed by atoms with E-state index in [2.05, 4.69) is 37.9 Å². The Morgan fingerprint density at radius 1 is 1.17 bits per heavy atom. The van der Waals surface area contributed by atoms with Crippen molar-refractivity contribution in [3.63, 3.8) is 0 Å². The predicted octanol–water partition coefficient (Wildman–Crippen LogP) is 2.06. The van der Waals surface area contributed by atoms with Crippen molar-refractivity contribution in [2.24, 2.45) is 0 Å². The Labute approximate surface area is 106 Å².